The van der Waals surface area contributed by atoms with Gasteiger partial charge in [0, 0.05) is 12.0 Å². The van der Waals surface area contributed by atoms with Gasteiger partial charge in [0.1, 0.15) is 17.7 Å². The molecule has 104 valence electrons. The molecule has 6 nitrogen and oxygen atoms in total. The number of nitrogens with two attached hydrogens (primary N) is 2. The summed E-state index contributed by atoms with van der Waals surface area (Å²) in [6.07, 6.45) is 0.719. The number of aliphatic carboxylic acids is 1. The maximum Gasteiger partial charge on any atom is 0.328 e. The fourth-order valence-electron chi connectivity index (χ4n) is 1.61. The minimum absolute atomic E-state index is 0. The van der Waals surface area contributed by atoms with Crippen LogP contribution in [0.3, 0.4) is 0 Å². The zero-order valence-corrected chi connectivity index (χ0v) is 10.9. The van der Waals surface area contributed by atoms with Crippen molar-refractivity contribution in [1.29, 1.82) is 5.41 Å². The van der Waals surface area contributed by atoms with Crippen molar-refractivity contribution in [1.82, 2.24) is 0 Å². The summed E-state index contributed by atoms with van der Waals surface area (Å²) in [6.45, 7) is 0. The lowest BCUT2D eigenvalue weighted by atomic mass is 9.86. The normalized spacial score (nSPS) is 12.9. The fourth-order valence-corrected chi connectivity index (χ4v) is 1.61. The van der Waals surface area contributed by atoms with Gasteiger partial charge < -0.3 is 21.4 Å². The SMILES string of the molecule is Cl.N=C(N)c1ccc(C(N)(CCC=O)C(=O)O)cc1. The average molecular weight is 286 g/mol. The number of amidine groups is 1. The highest BCUT2D eigenvalue weighted by molar-refractivity contribution is 5.95. The monoisotopic (exact) mass is 285 g/mol. The van der Waals surface area contributed by atoms with E-state index < -0.39 is 11.5 Å². The van der Waals surface area contributed by atoms with Crippen molar-refractivity contribution in [2.45, 2.75) is 18.4 Å². The fraction of sp³-hybridized carbons (Fsp3) is 0.250. The molecule has 1 aromatic rings. The van der Waals surface area contributed by atoms with Crippen LogP contribution in [0, 0.1) is 5.41 Å². The molecule has 0 fully saturated rings. The van der Waals surface area contributed by atoms with Crippen LogP contribution in [-0.4, -0.2) is 23.2 Å². The quantitative estimate of drug-likeness (QED) is 0.345. The third-order valence-electron chi connectivity index (χ3n) is 2.75. The lowest BCUT2D eigenvalue weighted by molar-refractivity contribution is -0.144. The Balaban J connectivity index is 0.00000324. The molecule has 0 amide bonds. The summed E-state index contributed by atoms with van der Waals surface area (Å²) in [5.41, 5.74) is 10.4. The van der Waals surface area contributed by atoms with E-state index in [1.165, 1.54) is 24.3 Å². The van der Waals surface area contributed by atoms with Gasteiger partial charge in [0.25, 0.3) is 0 Å². The van der Waals surface area contributed by atoms with Crippen molar-refractivity contribution in [3.8, 4) is 0 Å². The Morgan fingerprint density at radius 3 is 2.26 bits per heavy atom. The van der Waals surface area contributed by atoms with Crippen molar-refractivity contribution in [3.63, 3.8) is 0 Å². The molecule has 6 N–H and O–H groups in total. The Hall–Kier alpha value is -1.92. The topological polar surface area (TPSA) is 130 Å². The summed E-state index contributed by atoms with van der Waals surface area (Å²) in [6, 6.07) is 6.08. The number of benzene rings is 1. The summed E-state index contributed by atoms with van der Waals surface area (Å²) in [4.78, 5) is 21.6. The highest BCUT2D eigenvalue weighted by atomic mass is 35.5. The number of nitrogens with one attached hydrogen (secondary N) is 1. The van der Waals surface area contributed by atoms with Crippen LogP contribution in [0.1, 0.15) is 24.0 Å². The number of carboxylic acids is 1. The molecular formula is C12H16ClN3O3. The summed E-state index contributed by atoms with van der Waals surface area (Å²) in [7, 11) is 0. The molecule has 1 unspecified atom stereocenters. The van der Waals surface area contributed by atoms with Gasteiger partial charge in [-0.3, -0.25) is 5.41 Å². The first-order valence-corrected chi connectivity index (χ1v) is 5.32. The van der Waals surface area contributed by atoms with Crippen LogP contribution in [0.5, 0.6) is 0 Å². The van der Waals surface area contributed by atoms with E-state index in [2.05, 4.69) is 0 Å². The van der Waals surface area contributed by atoms with E-state index in [-0.39, 0.29) is 31.1 Å². The lowest BCUT2D eigenvalue weighted by Crippen LogP contribution is -2.45. The smallest absolute Gasteiger partial charge is 0.328 e. The van der Waals surface area contributed by atoms with E-state index in [4.69, 9.17) is 16.9 Å². The standard InChI is InChI=1S/C12H15N3O3.ClH/c13-10(14)8-2-4-9(5-3-8)12(15,11(17)18)6-1-7-16;/h2-5,7H,1,6,15H2,(H3,13,14)(H,17,18);1H. The Morgan fingerprint density at radius 1 is 1.37 bits per heavy atom. The number of hydrogen-bond donors (Lipinski definition) is 4. The van der Waals surface area contributed by atoms with Crippen molar-refractivity contribution < 1.29 is 14.7 Å². The van der Waals surface area contributed by atoms with Crippen molar-refractivity contribution in [3.05, 3.63) is 35.4 Å². The summed E-state index contributed by atoms with van der Waals surface area (Å²) >= 11 is 0. The Labute approximate surface area is 116 Å². The molecule has 0 radical (unpaired) electrons. The summed E-state index contributed by atoms with van der Waals surface area (Å²) < 4.78 is 0. The molecule has 0 bridgehead atoms. The maximum atomic E-state index is 11.2. The van der Waals surface area contributed by atoms with Gasteiger partial charge in [0.05, 0.1) is 0 Å². The second-order valence-corrected chi connectivity index (χ2v) is 3.97. The van der Waals surface area contributed by atoms with Crippen LogP contribution in [0.15, 0.2) is 24.3 Å². The second-order valence-electron chi connectivity index (χ2n) is 3.97. The molecule has 0 aliphatic heterocycles. The maximum absolute atomic E-state index is 11.2. The zero-order valence-electron chi connectivity index (χ0n) is 10.1. The molecule has 1 aromatic carbocycles. The van der Waals surface area contributed by atoms with Gasteiger partial charge in [0.2, 0.25) is 0 Å². The van der Waals surface area contributed by atoms with Crippen LogP contribution in [0.4, 0.5) is 0 Å². The number of carboxylic acid groups (broad SMARTS) is 1. The molecule has 0 aliphatic rings. The van der Waals surface area contributed by atoms with Gasteiger partial charge in [-0.15, -0.1) is 12.4 Å². The third kappa shape index (κ3) is 3.77. The molecule has 7 heteroatoms. The number of rotatable bonds is 6. The van der Waals surface area contributed by atoms with Crippen LogP contribution in [-0.2, 0) is 15.1 Å². The Bertz CT molecular complexity index is 476. The van der Waals surface area contributed by atoms with Gasteiger partial charge in [-0.05, 0) is 12.0 Å². The van der Waals surface area contributed by atoms with E-state index in [0.29, 0.717) is 17.4 Å². The minimum atomic E-state index is -1.60. The minimum Gasteiger partial charge on any atom is -0.480 e. The highest BCUT2D eigenvalue weighted by Gasteiger charge is 2.35. The summed E-state index contributed by atoms with van der Waals surface area (Å²) in [5, 5.41) is 16.4. The van der Waals surface area contributed by atoms with E-state index in [0.717, 1.165) is 0 Å². The van der Waals surface area contributed by atoms with Gasteiger partial charge in [-0.25, -0.2) is 4.79 Å². The van der Waals surface area contributed by atoms with Gasteiger partial charge >= 0.3 is 5.97 Å². The largest absolute Gasteiger partial charge is 0.480 e. The Kier molecular flexibility index (Phi) is 6.17. The number of hydrogen-bond acceptors (Lipinski definition) is 4. The van der Waals surface area contributed by atoms with Crippen molar-refractivity contribution in [2.75, 3.05) is 0 Å². The number of carbonyl (C=O) groups is 2. The van der Waals surface area contributed by atoms with E-state index in [9.17, 15) is 14.7 Å². The van der Waals surface area contributed by atoms with E-state index in [1.54, 1.807) is 0 Å². The number of carbonyl (C=O) groups excluding carboxylic acids is 1. The third-order valence-corrected chi connectivity index (χ3v) is 2.75. The molecule has 0 heterocycles. The van der Waals surface area contributed by atoms with Gasteiger partial charge in [0.15, 0.2) is 0 Å². The molecule has 1 rings (SSSR count). The molecule has 0 aromatic heterocycles. The molecule has 0 saturated heterocycles. The van der Waals surface area contributed by atoms with Crippen molar-refractivity contribution >= 4 is 30.5 Å². The second kappa shape index (κ2) is 6.86. The number of aldehydes is 1. The van der Waals surface area contributed by atoms with E-state index >= 15 is 0 Å². The summed E-state index contributed by atoms with van der Waals surface area (Å²) in [5.74, 6) is -1.30. The van der Waals surface area contributed by atoms with Crippen molar-refractivity contribution in [2.24, 2.45) is 11.5 Å². The molecular weight excluding hydrogens is 270 g/mol. The molecule has 19 heavy (non-hydrogen) atoms. The zero-order chi connectivity index (χ0) is 13.8. The van der Waals surface area contributed by atoms with Crippen LogP contribution in [0.2, 0.25) is 0 Å². The number of nitrogen functional groups attached to an aromatic ring is 1. The predicted molar refractivity (Wildman–Crippen MR) is 73.5 cm³/mol. The van der Waals surface area contributed by atoms with Crippen LogP contribution in [0.25, 0.3) is 0 Å². The molecule has 0 spiro atoms. The van der Waals surface area contributed by atoms with Gasteiger partial charge in [-0.2, -0.15) is 0 Å². The first-order valence-electron chi connectivity index (χ1n) is 5.32. The van der Waals surface area contributed by atoms with E-state index in [1.807, 2.05) is 0 Å². The predicted octanol–water partition coefficient (Wildman–Crippen LogP) is 0.610. The lowest BCUT2D eigenvalue weighted by Gasteiger charge is -2.24. The number of halogens is 1. The molecule has 0 aliphatic carbocycles. The van der Waals surface area contributed by atoms with Crippen LogP contribution >= 0.6 is 12.4 Å². The highest BCUT2D eigenvalue weighted by Crippen LogP contribution is 2.24. The molecule has 0 saturated carbocycles. The first-order chi connectivity index (χ1) is 8.41. The van der Waals surface area contributed by atoms with Gasteiger partial charge in [-0.1, -0.05) is 24.3 Å². The average Bonchev–Trinajstić information content (AvgIpc) is 2.35. The first kappa shape index (κ1) is 17.1. The Morgan fingerprint density at radius 2 is 1.89 bits per heavy atom. The molecule has 1 atom stereocenters. The van der Waals surface area contributed by atoms with Crippen LogP contribution < -0.4 is 11.5 Å².